The molecule has 0 aliphatic carbocycles. The minimum Gasteiger partial charge on any atom is -0.359 e. The van der Waals surface area contributed by atoms with Crippen LogP contribution in [0.3, 0.4) is 0 Å². The number of nitrogens with one attached hydrogen (secondary N) is 2. The lowest BCUT2D eigenvalue weighted by Gasteiger charge is -2.05. The molecule has 98 valence electrons. The van der Waals surface area contributed by atoms with E-state index in [2.05, 4.69) is 41.9 Å². The Balaban J connectivity index is 2.34. The number of hydrogen-bond donors (Lipinski definition) is 2. The van der Waals surface area contributed by atoms with Crippen molar-refractivity contribution in [1.29, 1.82) is 10.5 Å². The molecular weight excluding hydrogens is 329 g/mol. The summed E-state index contributed by atoms with van der Waals surface area (Å²) in [6.07, 6.45) is 1.27. The van der Waals surface area contributed by atoms with Crippen molar-refractivity contribution in [2.24, 2.45) is 0 Å². The van der Waals surface area contributed by atoms with Gasteiger partial charge in [-0.05, 0) is 33.3 Å². The number of H-pyrrole nitrogens is 1. The average molecular weight is 334 g/mol. The van der Waals surface area contributed by atoms with Crippen LogP contribution in [0.1, 0.15) is 11.4 Å². The van der Waals surface area contributed by atoms with Crippen LogP contribution in [-0.4, -0.2) is 20.6 Å². The fourth-order valence-electron chi connectivity index (χ4n) is 1.33. The zero-order valence-corrected chi connectivity index (χ0v) is 11.3. The van der Waals surface area contributed by atoms with Crippen molar-refractivity contribution in [1.82, 2.24) is 20.6 Å². The van der Waals surface area contributed by atoms with Gasteiger partial charge >= 0.3 is 0 Å². The van der Waals surface area contributed by atoms with Crippen LogP contribution in [0.25, 0.3) is 5.57 Å². The first kappa shape index (κ1) is 13.6. The smallest absolute Gasteiger partial charge is 0.216 e. The Morgan fingerprint density at radius 3 is 2.85 bits per heavy atom. The highest BCUT2D eigenvalue weighted by molar-refractivity contribution is 9.10. The summed E-state index contributed by atoms with van der Waals surface area (Å²) in [5.41, 5.74) is 0.537. The van der Waals surface area contributed by atoms with Crippen LogP contribution >= 0.6 is 15.9 Å². The Hall–Kier alpha value is -2.78. The number of tetrazole rings is 1. The summed E-state index contributed by atoms with van der Waals surface area (Å²) in [4.78, 5) is 0. The van der Waals surface area contributed by atoms with Gasteiger partial charge in [0.05, 0.1) is 15.7 Å². The van der Waals surface area contributed by atoms with Crippen LogP contribution in [0.2, 0.25) is 0 Å². The van der Waals surface area contributed by atoms with Crippen LogP contribution in [0.5, 0.6) is 0 Å². The molecule has 7 nitrogen and oxygen atoms in total. The number of allylic oxidation sites excluding steroid dienone is 1. The summed E-state index contributed by atoms with van der Waals surface area (Å²) in [5, 5.41) is 33.5. The fourth-order valence-corrected chi connectivity index (χ4v) is 1.67. The van der Waals surface area contributed by atoms with E-state index in [9.17, 15) is 4.39 Å². The molecule has 0 saturated carbocycles. The SMILES string of the molecule is N#CC(=CNc1cc(F)c(Br)cc1C#N)c1nn[nH]n1. The second-order valence-corrected chi connectivity index (χ2v) is 4.33. The van der Waals surface area contributed by atoms with Crippen molar-refractivity contribution in [2.75, 3.05) is 5.32 Å². The Morgan fingerprint density at radius 1 is 1.45 bits per heavy atom. The van der Waals surface area contributed by atoms with E-state index in [4.69, 9.17) is 10.5 Å². The summed E-state index contributed by atoms with van der Waals surface area (Å²) in [7, 11) is 0. The molecule has 1 heterocycles. The van der Waals surface area contributed by atoms with E-state index in [1.165, 1.54) is 12.3 Å². The highest BCUT2D eigenvalue weighted by Gasteiger charge is 2.09. The molecule has 0 amide bonds. The molecule has 0 fully saturated rings. The third kappa shape index (κ3) is 2.79. The van der Waals surface area contributed by atoms with Gasteiger partial charge in [-0.15, -0.1) is 10.2 Å². The third-order valence-electron chi connectivity index (χ3n) is 2.26. The second-order valence-electron chi connectivity index (χ2n) is 3.47. The number of halogens is 2. The first-order chi connectivity index (χ1) is 9.65. The monoisotopic (exact) mass is 333 g/mol. The highest BCUT2D eigenvalue weighted by Crippen LogP contribution is 2.24. The summed E-state index contributed by atoms with van der Waals surface area (Å²) >= 11 is 2.99. The Morgan fingerprint density at radius 2 is 2.25 bits per heavy atom. The Bertz CT molecular complexity index is 739. The minimum absolute atomic E-state index is 0.0889. The van der Waals surface area contributed by atoms with Gasteiger partial charge in [-0.1, -0.05) is 0 Å². The van der Waals surface area contributed by atoms with E-state index >= 15 is 0 Å². The van der Waals surface area contributed by atoms with Crippen LogP contribution in [0.4, 0.5) is 10.1 Å². The summed E-state index contributed by atoms with van der Waals surface area (Å²) in [6.45, 7) is 0. The number of anilines is 1. The van der Waals surface area contributed by atoms with Crippen LogP contribution < -0.4 is 5.32 Å². The molecule has 0 bridgehead atoms. The quantitative estimate of drug-likeness (QED) is 0.829. The summed E-state index contributed by atoms with van der Waals surface area (Å²) < 4.78 is 13.6. The largest absolute Gasteiger partial charge is 0.359 e. The molecule has 0 atom stereocenters. The lowest BCUT2D eigenvalue weighted by Crippen LogP contribution is -1.96. The van der Waals surface area contributed by atoms with Gasteiger partial charge in [-0.3, -0.25) is 0 Å². The topological polar surface area (TPSA) is 114 Å². The maximum atomic E-state index is 13.5. The molecule has 1 aromatic heterocycles. The van der Waals surface area contributed by atoms with Crippen molar-refractivity contribution in [3.05, 3.63) is 40.0 Å². The summed E-state index contributed by atoms with van der Waals surface area (Å²) in [6, 6.07) is 6.27. The normalized spacial score (nSPS) is 10.7. The zero-order chi connectivity index (χ0) is 14.5. The van der Waals surface area contributed by atoms with Crippen LogP contribution in [0, 0.1) is 28.5 Å². The van der Waals surface area contributed by atoms with E-state index in [1.807, 2.05) is 12.1 Å². The molecule has 2 aromatic rings. The summed E-state index contributed by atoms with van der Waals surface area (Å²) in [5.74, 6) is -0.436. The molecule has 2 N–H and O–H groups in total. The standard InChI is InChI=1S/C11H5BrFN7/c12-8-1-6(3-14)10(2-9(8)13)16-5-7(4-15)11-17-19-20-18-11/h1-2,5,16H,(H,17,18,19,20). The van der Waals surface area contributed by atoms with Crippen LogP contribution in [0.15, 0.2) is 22.8 Å². The fraction of sp³-hybridized carbons (Fsp3) is 0. The number of rotatable bonds is 3. The maximum absolute atomic E-state index is 13.5. The minimum atomic E-state index is -0.530. The molecule has 20 heavy (non-hydrogen) atoms. The van der Waals surface area contributed by atoms with Gasteiger partial charge in [0, 0.05) is 6.20 Å². The number of benzene rings is 1. The van der Waals surface area contributed by atoms with Gasteiger partial charge in [0.25, 0.3) is 0 Å². The molecular formula is C11H5BrFN7. The maximum Gasteiger partial charge on any atom is 0.216 e. The molecule has 9 heteroatoms. The molecule has 0 radical (unpaired) electrons. The first-order valence-corrected chi connectivity index (χ1v) is 5.94. The molecule has 0 spiro atoms. The van der Waals surface area contributed by atoms with E-state index in [0.717, 1.165) is 6.07 Å². The van der Waals surface area contributed by atoms with E-state index in [-0.39, 0.29) is 27.1 Å². The van der Waals surface area contributed by atoms with Gasteiger partial charge in [0.2, 0.25) is 5.82 Å². The van der Waals surface area contributed by atoms with Gasteiger partial charge < -0.3 is 5.32 Å². The Kier molecular flexibility index (Phi) is 4.03. The van der Waals surface area contributed by atoms with Crippen molar-refractivity contribution in [3.63, 3.8) is 0 Å². The van der Waals surface area contributed by atoms with E-state index in [1.54, 1.807) is 0 Å². The molecule has 2 rings (SSSR count). The van der Waals surface area contributed by atoms with E-state index in [0.29, 0.717) is 0 Å². The average Bonchev–Trinajstić information content (AvgIpc) is 2.97. The molecule has 0 unspecified atom stereocenters. The van der Waals surface area contributed by atoms with Gasteiger partial charge in [-0.2, -0.15) is 15.7 Å². The number of hydrogen-bond acceptors (Lipinski definition) is 6. The van der Waals surface area contributed by atoms with Crippen molar-refractivity contribution in [3.8, 4) is 12.1 Å². The number of nitriles is 2. The second kappa shape index (κ2) is 5.91. The van der Waals surface area contributed by atoms with Gasteiger partial charge in [-0.25, -0.2) is 4.39 Å². The molecule has 0 aliphatic rings. The Labute approximate surface area is 120 Å². The van der Waals surface area contributed by atoms with Gasteiger partial charge in [0.15, 0.2) is 0 Å². The van der Waals surface area contributed by atoms with E-state index < -0.39 is 5.82 Å². The predicted octanol–water partition coefficient (Wildman–Crippen LogP) is 1.95. The number of aromatic amines is 1. The molecule has 0 aliphatic heterocycles. The van der Waals surface area contributed by atoms with Crippen LogP contribution in [-0.2, 0) is 0 Å². The highest BCUT2D eigenvalue weighted by atomic mass is 79.9. The number of aromatic nitrogens is 4. The molecule has 1 aromatic carbocycles. The van der Waals surface area contributed by atoms with Crippen molar-refractivity contribution in [2.45, 2.75) is 0 Å². The lowest BCUT2D eigenvalue weighted by atomic mass is 10.2. The third-order valence-corrected chi connectivity index (χ3v) is 2.87. The number of nitrogens with zero attached hydrogens (tertiary/aromatic N) is 5. The molecule has 0 saturated heterocycles. The van der Waals surface area contributed by atoms with Crippen molar-refractivity contribution < 1.29 is 4.39 Å². The first-order valence-electron chi connectivity index (χ1n) is 5.15. The van der Waals surface area contributed by atoms with Crippen molar-refractivity contribution >= 4 is 27.2 Å². The predicted molar refractivity (Wildman–Crippen MR) is 70.2 cm³/mol. The lowest BCUT2D eigenvalue weighted by molar-refractivity contribution is 0.621. The zero-order valence-electron chi connectivity index (χ0n) is 9.72. The van der Waals surface area contributed by atoms with Gasteiger partial charge in [0.1, 0.15) is 23.5 Å².